The summed E-state index contributed by atoms with van der Waals surface area (Å²) in [4.78, 5) is 12.4. The number of nitrogens with one attached hydrogen (secondary N) is 1. The van der Waals surface area contributed by atoms with E-state index in [0.717, 1.165) is 24.8 Å². The van der Waals surface area contributed by atoms with Crippen molar-refractivity contribution in [2.45, 2.75) is 43.4 Å². The first-order chi connectivity index (χ1) is 10.1. The lowest BCUT2D eigenvalue weighted by atomic mass is 10.0. The van der Waals surface area contributed by atoms with E-state index in [1.54, 1.807) is 18.2 Å². The molecule has 0 spiro atoms. The topological polar surface area (TPSA) is 64.4 Å². The smallest absolute Gasteiger partial charge is 0.249 e. The summed E-state index contributed by atoms with van der Waals surface area (Å²) in [6.07, 6.45) is 2.79. The molecule has 1 aliphatic heterocycles. The number of benzene rings is 1. The summed E-state index contributed by atoms with van der Waals surface area (Å²) < 4.78 is 5.64. The highest BCUT2D eigenvalue weighted by molar-refractivity contribution is 6.36. The minimum Gasteiger partial charge on any atom is -0.364 e. The first-order valence-electron chi connectivity index (χ1n) is 7.18. The number of amides is 1. The van der Waals surface area contributed by atoms with Gasteiger partial charge in [-0.15, -0.1) is 12.4 Å². The van der Waals surface area contributed by atoms with Crippen LogP contribution in [0.5, 0.6) is 0 Å². The Balaban J connectivity index is 0.00000176. The monoisotopic (exact) mass is 364 g/mol. The van der Waals surface area contributed by atoms with E-state index in [-0.39, 0.29) is 24.4 Å². The third-order valence-corrected chi connectivity index (χ3v) is 4.85. The molecule has 2 fully saturated rings. The maximum atomic E-state index is 12.4. The molecule has 0 radical (unpaired) electrons. The van der Waals surface area contributed by atoms with Crippen LogP contribution in [0.1, 0.15) is 31.2 Å². The van der Waals surface area contributed by atoms with Crippen molar-refractivity contribution in [3.8, 4) is 0 Å². The second kappa shape index (κ2) is 6.93. The molecule has 1 aromatic carbocycles. The van der Waals surface area contributed by atoms with Gasteiger partial charge in [-0.1, -0.05) is 29.3 Å². The lowest BCUT2D eigenvalue weighted by molar-refractivity contribution is -0.132. The summed E-state index contributed by atoms with van der Waals surface area (Å²) in [7, 11) is 0. The van der Waals surface area contributed by atoms with Gasteiger partial charge in [0.15, 0.2) is 0 Å². The quantitative estimate of drug-likeness (QED) is 0.862. The van der Waals surface area contributed by atoms with Gasteiger partial charge in [-0.3, -0.25) is 4.79 Å². The van der Waals surface area contributed by atoms with Crippen LogP contribution in [-0.4, -0.2) is 24.7 Å². The first-order valence-corrected chi connectivity index (χ1v) is 7.93. The second-order valence-electron chi connectivity index (χ2n) is 5.73. The molecule has 7 heteroatoms. The van der Waals surface area contributed by atoms with Gasteiger partial charge in [-0.2, -0.15) is 0 Å². The van der Waals surface area contributed by atoms with Gasteiger partial charge in [-0.05, 0) is 37.8 Å². The van der Waals surface area contributed by atoms with Crippen LogP contribution < -0.4 is 11.1 Å². The van der Waals surface area contributed by atoms with Crippen molar-refractivity contribution < 1.29 is 9.53 Å². The number of halogens is 3. The molecule has 122 valence electrons. The lowest BCUT2D eigenvalue weighted by Crippen LogP contribution is -2.42. The molecule has 1 aromatic rings. The Morgan fingerprint density at radius 1 is 1.32 bits per heavy atom. The van der Waals surface area contributed by atoms with E-state index in [1.165, 1.54) is 0 Å². The minimum absolute atomic E-state index is 0. The van der Waals surface area contributed by atoms with E-state index in [9.17, 15) is 4.79 Å². The predicted octanol–water partition coefficient (Wildman–Crippen LogP) is 3.03. The number of ether oxygens (including phenoxy) is 1. The first kappa shape index (κ1) is 17.8. The molecule has 22 heavy (non-hydrogen) atoms. The molecule has 0 aromatic heterocycles. The van der Waals surface area contributed by atoms with Crippen molar-refractivity contribution in [2.24, 2.45) is 5.73 Å². The Kier molecular flexibility index (Phi) is 5.62. The van der Waals surface area contributed by atoms with Gasteiger partial charge < -0.3 is 15.8 Å². The number of hydrogen-bond donors (Lipinski definition) is 2. The zero-order valence-electron chi connectivity index (χ0n) is 12.0. The number of rotatable bonds is 4. The predicted molar refractivity (Wildman–Crippen MR) is 89.7 cm³/mol. The molecule has 4 nitrogen and oxygen atoms in total. The van der Waals surface area contributed by atoms with Gasteiger partial charge >= 0.3 is 0 Å². The minimum atomic E-state index is -0.434. The Hall–Kier alpha value is -0.520. The zero-order chi connectivity index (χ0) is 15.0. The van der Waals surface area contributed by atoms with Crippen molar-refractivity contribution in [1.29, 1.82) is 0 Å². The fraction of sp³-hybridized carbons (Fsp3) is 0.533. The molecule has 0 bridgehead atoms. The van der Waals surface area contributed by atoms with Crippen molar-refractivity contribution in [3.05, 3.63) is 33.8 Å². The van der Waals surface area contributed by atoms with E-state index < -0.39 is 11.6 Å². The Morgan fingerprint density at radius 3 is 2.45 bits per heavy atom. The van der Waals surface area contributed by atoms with E-state index in [1.807, 2.05) is 0 Å². The van der Waals surface area contributed by atoms with Crippen molar-refractivity contribution in [3.63, 3.8) is 0 Å². The lowest BCUT2D eigenvalue weighted by Gasteiger charge is -2.22. The maximum Gasteiger partial charge on any atom is 0.249 e. The maximum absolute atomic E-state index is 12.4. The van der Waals surface area contributed by atoms with Crippen molar-refractivity contribution >= 4 is 41.5 Å². The van der Waals surface area contributed by atoms with Crippen LogP contribution in [-0.2, 0) is 15.1 Å². The van der Waals surface area contributed by atoms with Crippen molar-refractivity contribution in [1.82, 2.24) is 5.32 Å². The van der Waals surface area contributed by atoms with Gasteiger partial charge in [0.1, 0.15) is 6.10 Å². The summed E-state index contributed by atoms with van der Waals surface area (Å²) in [6.45, 7) is 0.450. The van der Waals surface area contributed by atoms with E-state index in [4.69, 9.17) is 33.7 Å². The molecule has 2 aliphatic rings. The molecule has 1 saturated heterocycles. The molecule has 1 aliphatic carbocycles. The Labute approximate surface area is 146 Å². The van der Waals surface area contributed by atoms with E-state index >= 15 is 0 Å². The Bertz CT molecular complexity index is 543. The number of hydrogen-bond acceptors (Lipinski definition) is 3. The summed E-state index contributed by atoms with van der Waals surface area (Å²) >= 11 is 12.5. The fourth-order valence-electron chi connectivity index (χ4n) is 2.91. The van der Waals surface area contributed by atoms with Crippen LogP contribution in [0.25, 0.3) is 0 Å². The summed E-state index contributed by atoms with van der Waals surface area (Å²) in [5, 5.41) is 4.26. The third kappa shape index (κ3) is 3.36. The van der Waals surface area contributed by atoms with E-state index in [0.29, 0.717) is 23.0 Å². The standard InChI is InChI=1S/C15H18Cl2N2O2.ClH/c16-10-2-1-3-11(17)13(10)15(6-7-15)19-14(20)12-5-4-9(8-18)21-12;/h1-3,9,12H,4-8,18H2,(H,19,20);1H/t9-,12+;/m1./s1. The summed E-state index contributed by atoms with van der Waals surface area (Å²) in [6, 6.07) is 5.40. The molecule has 0 unspecified atom stereocenters. The van der Waals surface area contributed by atoms with E-state index in [2.05, 4.69) is 5.32 Å². The number of carbonyl (C=O) groups excluding carboxylic acids is 1. The second-order valence-corrected chi connectivity index (χ2v) is 6.54. The van der Waals surface area contributed by atoms with Gasteiger partial charge in [0.05, 0.1) is 11.6 Å². The summed E-state index contributed by atoms with van der Waals surface area (Å²) in [5.41, 5.74) is 5.96. The molecular weight excluding hydrogens is 347 g/mol. The van der Waals surface area contributed by atoms with Gasteiger partial charge in [0, 0.05) is 22.2 Å². The molecule has 3 rings (SSSR count). The molecular formula is C15H19Cl3N2O2. The Morgan fingerprint density at radius 2 is 1.95 bits per heavy atom. The number of nitrogens with two attached hydrogens (primary N) is 1. The molecule has 1 saturated carbocycles. The largest absolute Gasteiger partial charge is 0.364 e. The average Bonchev–Trinajstić information content (AvgIpc) is 3.04. The third-order valence-electron chi connectivity index (χ3n) is 4.22. The molecule has 1 amide bonds. The van der Waals surface area contributed by atoms with Gasteiger partial charge in [-0.25, -0.2) is 0 Å². The van der Waals surface area contributed by atoms with Crippen LogP contribution in [0, 0.1) is 0 Å². The normalized spacial score (nSPS) is 25.4. The van der Waals surface area contributed by atoms with Crippen LogP contribution >= 0.6 is 35.6 Å². The highest BCUT2D eigenvalue weighted by Crippen LogP contribution is 2.50. The molecule has 1 heterocycles. The van der Waals surface area contributed by atoms with Crippen LogP contribution in [0.4, 0.5) is 0 Å². The average molecular weight is 366 g/mol. The zero-order valence-corrected chi connectivity index (χ0v) is 14.3. The number of carbonyl (C=O) groups is 1. The van der Waals surface area contributed by atoms with Crippen LogP contribution in [0.15, 0.2) is 18.2 Å². The van der Waals surface area contributed by atoms with Crippen LogP contribution in [0.2, 0.25) is 10.0 Å². The molecule has 3 N–H and O–H groups in total. The van der Waals surface area contributed by atoms with Gasteiger partial charge in [0.25, 0.3) is 0 Å². The SMILES string of the molecule is Cl.NC[C@H]1CC[C@@H](C(=O)NC2(c3c(Cl)cccc3Cl)CC2)O1. The highest BCUT2D eigenvalue weighted by atomic mass is 35.5. The van der Waals surface area contributed by atoms with Gasteiger partial charge in [0.2, 0.25) is 5.91 Å². The van der Waals surface area contributed by atoms with Crippen LogP contribution in [0.3, 0.4) is 0 Å². The fourth-order valence-corrected chi connectivity index (χ4v) is 3.66. The summed E-state index contributed by atoms with van der Waals surface area (Å²) in [5.74, 6) is -0.0977. The van der Waals surface area contributed by atoms with Crippen molar-refractivity contribution in [2.75, 3.05) is 6.54 Å². The molecule has 2 atom stereocenters. The highest BCUT2D eigenvalue weighted by Gasteiger charge is 2.49.